The van der Waals surface area contributed by atoms with Crippen molar-refractivity contribution in [3.8, 4) is 0 Å². The highest BCUT2D eigenvalue weighted by Crippen LogP contribution is 2.21. The van der Waals surface area contributed by atoms with Crippen LogP contribution in [0.1, 0.15) is 29.7 Å². The number of methoxy groups -OCH3 is 1. The Morgan fingerprint density at radius 3 is 2.48 bits per heavy atom. The van der Waals surface area contributed by atoms with Gasteiger partial charge < -0.3 is 15.4 Å². The third-order valence-electron chi connectivity index (χ3n) is 3.58. The number of amides is 2. The van der Waals surface area contributed by atoms with Gasteiger partial charge in [0, 0.05) is 18.7 Å². The summed E-state index contributed by atoms with van der Waals surface area (Å²) < 4.78 is 5.17. The lowest BCUT2D eigenvalue weighted by Crippen LogP contribution is -2.36. The highest BCUT2D eigenvalue weighted by atomic mass is 35.5. The molecule has 0 bridgehead atoms. The molecule has 0 aliphatic rings. The number of carbonyl (C=O) groups excluding carboxylic acids is 1. The molecule has 2 N–H and O–H groups in total. The van der Waals surface area contributed by atoms with Crippen LogP contribution in [0.4, 0.5) is 4.79 Å². The lowest BCUT2D eigenvalue weighted by Gasteiger charge is -2.17. The van der Waals surface area contributed by atoms with E-state index in [0.29, 0.717) is 18.2 Å². The van der Waals surface area contributed by atoms with Crippen LogP contribution in [-0.4, -0.2) is 13.1 Å². The van der Waals surface area contributed by atoms with Gasteiger partial charge in [0.1, 0.15) is 0 Å². The van der Waals surface area contributed by atoms with Gasteiger partial charge in [0.2, 0.25) is 0 Å². The zero-order chi connectivity index (χ0) is 16.7. The van der Waals surface area contributed by atoms with E-state index in [1.54, 1.807) is 7.11 Å². The maximum absolute atomic E-state index is 12.1. The van der Waals surface area contributed by atoms with Crippen LogP contribution in [0.3, 0.4) is 0 Å². The highest BCUT2D eigenvalue weighted by molar-refractivity contribution is 6.31. The normalized spacial score (nSPS) is 11.8. The molecule has 0 heterocycles. The zero-order valence-corrected chi connectivity index (χ0v) is 14.1. The van der Waals surface area contributed by atoms with Crippen LogP contribution >= 0.6 is 11.6 Å². The molecular weight excluding hydrogens is 312 g/mol. The molecule has 0 aliphatic carbocycles. The molecule has 0 aromatic heterocycles. The van der Waals surface area contributed by atoms with Crippen molar-refractivity contribution in [3.05, 3.63) is 70.2 Å². The van der Waals surface area contributed by atoms with Crippen molar-refractivity contribution in [2.24, 2.45) is 0 Å². The van der Waals surface area contributed by atoms with Crippen molar-refractivity contribution in [3.63, 3.8) is 0 Å². The van der Waals surface area contributed by atoms with Crippen LogP contribution in [0, 0.1) is 0 Å². The molecule has 5 heteroatoms. The van der Waals surface area contributed by atoms with Crippen LogP contribution in [0.5, 0.6) is 0 Å². The van der Waals surface area contributed by atoms with Crippen LogP contribution in [0.25, 0.3) is 0 Å². The summed E-state index contributed by atoms with van der Waals surface area (Å²) in [5.41, 5.74) is 2.99. The Morgan fingerprint density at radius 2 is 1.78 bits per heavy atom. The number of hydrogen-bond donors (Lipinski definition) is 2. The number of benzene rings is 2. The fraction of sp³-hybridized carbons (Fsp3) is 0.278. The van der Waals surface area contributed by atoms with Gasteiger partial charge in [0.15, 0.2) is 0 Å². The Morgan fingerprint density at radius 1 is 1.13 bits per heavy atom. The molecule has 4 nitrogen and oxygen atoms in total. The summed E-state index contributed by atoms with van der Waals surface area (Å²) in [4.78, 5) is 12.1. The average Bonchev–Trinajstić information content (AvgIpc) is 2.54. The minimum absolute atomic E-state index is 0.169. The van der Waals surface area contributed by atoms with Gasteiger partial charge in [-0.05, 0) is 29.7 Å². The van der Waals surface area contributed by atoms with Crippen molar-refractivity contribution >= 4 is 17.6 Å². The van der Waals surface area contributed by atoms with Gasteiger partial charge in [-0.25, -0.2) is 4.79 Å². The Kier molecular flexibility index (Phi) is 6.44. The second-order valence-electron chi connectivity index (χ2n) is 5.27. The molecule has 2 rings (SSSR count). The third kappa shape index (κ3) is 4.98. The number of ether oxygens (including phenoxy) is 1. The van der Waals surface area contributed by atoms with E-state index >= 15 is 0 Å². The summed E-state index contributed by atoms with van der Waals surface area (Å²) in [5.74, 6) is 0. The Balaban J connectivity index is 1.92. The van der Waals surface area contributed by atoms with E-state index in [0.717, 1.165) is 16.7 Å². The number of halogens is 1. The van der Waals surface area contributed by atoms with E-state index in [1.165, 1.54) is 0 Å². The van der Waals surface area contributed by atoms with Crippen molar-refractivity contribution in [2.45, 2.75) is 26.1 Å². The Bertz CT molecular complexity index is 661. The molecule has 0 radical (unpaired) electrons. The molecule has 2 aromatic rings. The quantitative estimate of drug-likeness (QED) is 0.838. The van der Waals surface area contributed by atoms with E-state index in [2.05, 4.69) is 10.6 Å². The summed E-state index contributed by atoms with van der Waals surface area (Å²) in [6.07, 6.45) is 0. The first-order valence-electron chi connectivity index (χ1n) is 7.46. The van der Waals surface area contributed by atoms with Crippen LogP contribution in [-0.2, 0) is 17.9 Å². The molecule has 0 unspecified atom stereocenters. The zero-order valence-electron chi connectivity index (χ0n) is 13.3. The molecule has 0 aliphatic heterocycles. The molecule has 2 aromatic carbocycles. The van der Waals surface area contributed by atoms with Crippen LogP contribution in [0.15, 0.2) is 48.5 Å². The first-order valence-corrected chi connectivity index (χ1v) is 7.84. The van der Waals surface area contributed by atoms with Crippen LogP contribution < -0.4 is 10.6 Å². The van der Waals surface area contributed by atoms with Crippen LogP contribution in [0.2, 0.25) is 5.02 Å². The molecule has 0 spiro atoms. The lowest BCUT2D eigenvalue weighted by molar-refractivity contribution is 0.184. The van der Waals surface area contributed by atoms with Gasteiger partial charge >= 0.3 is 6.03 Å². The minimum Gasteiger partial charge on any atom is -0.380 e. The van der Waals surface area contributed by atoms with Crippen molar-refractivity contribution < 1.29 is 9.53 Å². The van der Waals surface area contributed by atoms with Crippen molar-refractivity contribution in [1.82, 2.24) is 10.6 Å². The molecule has 2 amide bonds. The molecule has 23 heavy (non-hydrogen) atoms. The second-order valence-corrected chi connectivity index (χ2v) is 5.68. The Hall–Kier alpha value is -2.04. The minimum atomic E-state index is -0.232. The first kappa shape index (κ1) is 17.3. The maximum Gasteiger partial charge on any atom is 0.315 e. The molecular formula is C18H21ClN2O2. The number of hydrogen-bond acceptors (Lipinski definition) is 2. The van der Waals surface area contributed by atoms with E-state index in [9.17, 15) is 4.79 Å². The predicted octanol–water partition coefficient (Wildman–Crippen LogP) is 4.05. The van der Waals surface area contributed by atoms with Crippen molar-refractivity contribution in [2.75, 3.05) is 7.11 Å². The van der Waals surface area contributed by atoms with Gasteiger partial charge in [-0.1, -0.05) is 54.1 Å². The van der Waals surface area contributed by atoms with E-state index in [4.69, 9.17) is 16.3 Å². The fourth-order valence-electron chi connectivity index (χ4n) is 2.35. The number of urea groups is 1. The maximum atomic E-state index is 12.1. The van der Waals surface area contributed by atoms with E-state index in [1.807, 2.05) is 55.5 Å². The SMILES string of the molecule is COCc1ccccc1CNC(=O)N[C@@H](C)c1ccccc1Cl. The van der Waals surface area contributed by atoms with Crippen molar-refractivity contribution in [1.29, 1.82) is 0 Å². The topological polar surface area (TPSA) is 50.4 Å². The number of carbonyl (C=O) groups is 1. The van der Waals surface area contributed by atoms with Gasteiger partial charge in [0.25, 0.3) is 0 Å². The monoisotopic (exact) mass is 332 g/mol. The highest BCUT2D eigenvalue weighted by Gasteiger charge is 2.12. The molecule has 0 saturated carbocycles. The number of rotatable bonds is 6. The summed E-state index contributed by atoms with van der Waals surface area (Å²) in [6, 6.07) is 15.0. The molecule has 122 valence electrons. The van der Waals surface area contributed by atoms with Gasteiger partial charge in [0.05, 0.1) is 12.6 Å². The molecule has 1 atom stereocenters. The van der Waals surface area contributed by atoms with Gasteiger partial charge in [-0.15, -0.1) is 0 Å². The second kappa shape index (κ2) is 8.56. The largest absolute Gasteiger partial charge is 0.380 e. The smallest absolute Gasteiger partial charge is 0.315 e. The van der Waals surface area contributed by atoms with Gasteiger partial charge in [-0.2, -0.15) is 0 Å². The summed E-state index contributed by atoms with van der Waals surface area (Å²) in [5, 5.41) is 6.41. The molecule has 0 fully saturated rings. The summed E-state index contributed by atoms with van der Waals surface area (Å²) >= 11 is 6.15. The summed E-state index contributed by atoms with van der Waals surface area (Å²) in [6.45, 7) is 2.87. The molecule has 0 saturated heterocycles. The Labute approximate surface area is 141 Å². The van der Waals surface area contributed by atoms with E-state index < -0.39 is 0 Å². The third-order valence-corrected chi connectivity index (χ3v) is 3.92. The average molecular weight is 333 g/mol. The predicted molar refractivity (Wildman–Crippen MR) is 92.4 cm³/mol. The number of nitrogens with one attached hydrogen (secondary N) is 2. The fourth-order valence-corrected chi connectivity index (χ4v) is 2.65. The lowest BCUT2D eigenvalue weighted by atomic mass is 10.1. The van der Waals surface area contributed by atoms with Gasteiger partial charge in [-0.3, -0.25) is 0 Å². The summed E-state index contributed by atoms with van der Waals surface area (Å²) in [7, 11) is 1.65. The standard InChI is InChI=1S/C18H21ClN2O2/c1-13(16-9-5-6-10-17(16)19)21-18(22)20-11-14-7-3-4-8-15(14)12-23-2/h3-10,13H,11-12H2,1-2H3,(H2,20,21,22)/t13-/m0/s1. The van der Waals surface area contributed by atoms with E-state index in [-0.39, 0.29) is 12.1 Å². The first-order chi connectivity index (χ1) is 11.1.